The summed E-state index contributed by atoms with van der Waals surface area (Å²) >= 11 is 5.81. The van der Waals surface area contributed by atoms with E-state index >= 15 is 0 Å². The summed E-state index contributed by atoms with van der Waals surface area (Å²) in [5.74, 6) is 0.0484. The molecule has 1 amide bonds. The molecular formula is C16H15ClN4O4. The van der Waals surface area contributed by atoms with Crippen LogP contribution in [0.15, 0.2) is 36.4 Å². The second-order valence-corrected chi connectivity index (χ2v) is 6.21. The largest absolute Gasteiger partial charge is 0.465 e. The van der Waals surface area contributed by atoms with Gasteiger partial charge in [0.25, 0.3) is 0 Å². The lowest BCUT2D eigenvalue weighted by Crippen LogP contribution is -2.50. The number of carboxylic acid groups (broad SMARTS) is 1. The highest BCUT2D eigenvalue weighted by atomic mass is 35.5. The maximum atomic E-state index is 11.1. The lowest BCUT2D eigenvalue weighted by Gasteiger charge is -2.42. The third-order valence-electron chi connectivity index (χ3n) is 4.29. The molecule has 1 aromatic heterocycles. The van der Waals surface area contributed by atoms with Gasteiger partial charge in [-0.15, -0.1) is 0 Å². The van der Waals surface area contributed by atoms with Gasteiger partial charge in [0.2, 0.25) is 5.82 Å². The topological polar surface area (TPSA) is 117 Å². The molecule has 2 aromatic rings. The Morgan fingerprint density at radius 1 is 1.24 bits per heavy atom. The molecule has 0 saturated heterocycles. The number of carbonyl (C=O) groups is 1. The van der Waals surface area contributed by atoms with Crippen molar-refractivity contribution in [2.24, 2.45) is 0 Å². The number of nitrogens with zero attached hydrogens (tertiary/aromatic N) is 2. The van der Waals surface area contributed by atoms with E-state index in [-0.39, 0.29) is 16.7 Å². The highest BCUT2D eigenvalue weighted by molar-refractivity contribution is 6.29. The summed E-state index contributed by atoms with van der Waals surface area (Å²) in [5.41, 5.74) is 0.716. The molecule has 0 atom stereocenters. The van der Waals surface area contributed by atoms with Crippen molar-refractivity contribution in [3.05, 3.63) is 57.2 Å². The van der Waals surface area contributed by atoms with Gasteiger partial charge >= 0.3 is 11.8 Å². The Hall–Kier alpha value is -2.87. The van der Waals surface area contributed by atoms with Gasteiger partial charge in [-0.05, 0) is 43.0 Å². The fourth-order valence-electron chi connectivity index (χ4n) is 2.90. The Kier molecular flexibility index (Phi) is 4.45. The second kappa shape index (κ2) is 6.56. The Balaban J connectivity index is 1.83. The van der Waals surface area contributed by atoms with E-state index in [4.69, 9.17) is 16.7 Å². The first-order valence-electron chi connectivity index (χ1n) is 7.59. The van der Waals surface area contributed by atoms with Gasteiger partial charge in [0.1, 0.15) is 5.15 Å². The minimum atomic E-state index is -1.05. The molecule has 1 heterocycles. The fourth-order valence-corrected chi connectivity index (χ4v) is 3.04. The normalized spacial score (nSPS) is 15.1. The van der Waals surface area contributed by atoms with Crippen LogP contribution >= 0.6 is 11.6 Å². The molecule has 1 aliphatic rings. The zero-order chi connectivity index (χ0) is 18.0. The van der Waals surface area contributed by atoms with Crippen LogP contribution in [0.1, 0.15) is 24.8 Å². The molecule has 0 aliphatic heterocycles. The molecule has 3 N–H and O–H groups in total. The molecule has 0 spiro atoms. The number of rotatable bonds is 5. The van der Waals surface area contributed by atoms with Crippen LogP contribution in [0.2, 0.25) is 5.15 Å². The number of aromatic nitrogens is 1. The molecular weight excluding hydrogens is 348 g/mol. The third kappa shape index (κ3) is 3.48. The van der Waals surface area contributed by atoms with E-state index in [1.807, 2.05) is 0 Å². The lowest BCUT2D eigenvalue weighted by atomic mass is 9.72. The average Bonchev–Trinajstić information content (AvgIpc) is 2.51. The number of nitrogens with one attached hydrogen (secondary N) is 2. The van der Waals surface area contributed by atoms with Crippen molar-refractivity contribution in [2.75, 3.05) is 5.32 Å². The summed E-state index contributed by atoms with van der Waals surface area (Å²) in [6.07, 6.45) is 1.39. The van der Waals surface area contributed by atoms with E-state index in [1.54, 1.807) is 24.3 Å². The van der Waals surface area contributed by atoms with Crippen LogP contribution in [0.3, 0.4) is 0 Å². The van der Waals surface area contributed by atoms with E-state index < -0.39 is 16.6 Å². The van der Waals surface area contributed by atoms with Gasteiger partial charge in [0, 0.05) is 11.8 Å². The maximum Gasteiger partial charge on any atom is 0.405 e. The summed E-state index contributed by atoms with van der Waals surface area (Å²) in [5, 5.41) is 25.7. The van der Waals surface area contributed by atoms with E-state index in [0.29, 0.717) is 5.69 Å². The summed E-state index contributed by atoms with van der Waals surface area (Å²) in [6.45, 7) is 0. The monoisotopic (exact) mass is 362 g/mol. The number of amides is 1. The zero-order valence-corrected chi connectivity index (χ0v) is 13.8. The molecule has 130 valence electrons. The smallest absolute Gasteiger partial charge is 0.405 e. The molecule has 8 nitrogen and oxygen atoms in total. The van der Waals surface area contributed by atoms with Gasteiger partial charge in [-0.25, -0.2) is 9.78 Å². The Morgan fingerprint density at radius 2 is 1.92 bits per heavy atom. The van der Waals surface area contributed by atoms with Crippen molar-refractivity contribution < 1.29 is 14.8 Å². The fraction of sp³-hybridized carbons (Fsp3) is 0.250. The van der Waals surface area contributed by atoms with E-state index in [9.17, 15) is 14.9 Å². The first-order chi connectivity index (χ1) is 11.9. The predicted octanol–water partition coefficient (Wildman–Crippen LogP) is 4.03. The molecule has 3 rings (SSSR count). The maximum absolute atomic E-state index is 11.1. The standard InChI is InChI=1S/C16H15ClN4O4/c17-13-7-6-12(21(24)25)14(19-13)18-11-4-2-10(3-5-11)16(8-1-9-16)20-15(22)23/h2-7,20H,1,8-9H2,(H,18,19)(H,22,23). The van der Waals surface area contributed by atoms with Crippen LogP contribution < -0.4 is 10.6 Å². The van der Waals surface area contributed by atoms with Crippen molar-refractivity contribution in [1.29, 1.82) is 0 Å². The molecule has 0 bridgehead atoms. The predicted molar refractivity (Wildman–Crippen MR) is 92.3 cm³/mol. The number of nitro groups is 1. The number of hydrogen-bond acceptors (Lipinski definition) is 5. The Labute approximate surface area is 148 Å². The van der Waals surface area contributed by atoms with Crippen LogP contribution in [0.5, 0.6) is 0 Å². The van der Waals surface area contributed by atoms with Gasteiger partial charge in [-0.3, -0.25) is 10.1 Å². The zero-order valence-electron chi connectivity index (χ0n) is 13.0. The molecule has 1 saturated carbocycles. The molecule has 25 heavy (non-hydrogen) atoms. The van der Waals surface area contributed by atoms with Crippen molar-refractivity contribution in [3.63, 3.8) is 0 Å². The Morgan fingerprint density at radius 3 is 2.44 bits per heavy atom. The second-order valence-electron chi connectivity index (χ2n) is 5.83. The summed E-state index contributed by atoms with van der Waals surface area (Å²) < 4.78 is 0. The van der Waals surface area contributed by atoms with Crippen molar-refractivity contribution in [2.45, 2.75) is 24.8 Å². The molecule has 0 unspecified atom stereocenters. The molecule has 9 heteroatoms. The van der Waals surface area contributed by atoms with Crippen LogP contribution in [0.4, 0.5) is 22.0 Å². The molecule has 1 fully saturated rings. The first-order valence-corrected chi connectivity index (χ1v) is 7.97. The SMILES string of the molecule is O=C(O)NC1(c2ccc(Nc3nc(Cl)ccc3[N+](=O)[O-])cc2)CCC1. The average molecular weight is 363 g/mol. The Bertz CT molecular complexity index is 821. The number of halogens is 1. The molecule has 1 aliphatic carbocycles. The van der Waals surface area contributed by atoms with E-state index in [2.05, 4.69) is 15.6 Å². The van der Waals surface area contributed by atoms with Gasteiger partial charge in [-0.1, -0.05) is 23.7 Å². The quantitative estimate of drug-likeness (QED) is 0.420. The van der Waals surface area contributed by atoms with Gasteiger partial charge < -0.3 is 15.7 Å². The number of hydrogen-bond donors (Lipinski definition) is 3. The van der Waals surface area contributed by atoms with Crippen LogP contribution in [-0.2, 0) is 5.54 Å². The molecule has 0 radical (unpaired) electrons. The van der Waals surface area contributed by atoms with Crippen molar-refractivity contribution in [1.82, 2.24) is 10.3 Å². The minimum Gasteiger partial charge on any atom is -0.465 e. The number of pyridine rings is 1. The van der Waals surface area contributed by atoms with Gasteiger partial charge in [0.05, 0.1) is 10.5 Å². The van der Waals surface area contributed by atoms with Crippen LogP contribution in [0.25, 0.3) is 0 Å². The lowest BCUT2D eigenvalue weighted by molar-refractivity contribution is -0.384. The third-order valence-corrected chi connectivity index (χ3v) is 4.50. The van der Waals surface area contributed by atoms with E-state index in [1.165, 1.54) is 12.1 Å². The highest BCUT2D eigenvalue weighted by Crippen LogP contribution is 2.41. The first kappa shape index (κ1) is 17.0. The van der Waals surface area contributed by atoms with Crippen molar-refractivity contribution in [3.8, 4) is 0 Å². The van der Waals surface area contributed by atoms with Gasteiger partial charge in [0.15, 0.2) is 0 Å². The van der Waals surface area contributed by atoms with Crippen molar-refractivity contribution >= 4 is 34.9 Å². The summed E-state index contributed by atoms with van der Waals surface area (Å²) in [7, 11) is 0. The molecule has 1 aromatic carbocycles. The highest BCUT2D eigenvalue weighted by Gasteiger charge is 2.40. The summed E-state index contributed by atoms with van der Waals surface area (Å²) in [4.78, 5) is 25.5. The van der Waals surface area contributed by atoms with Crippen LogP contribution in [-0.4, -0.2) is 21.1 Å². The number of benzene rings is 1. The van der Waals surface area contributed by atoms with Crippen LogP contribution in [0, 0.1) is 10.1 Å². The summed E-state index contributed by atoms with van der Waals surface area (Å²) in [6, 6.07) is 9.69. The van der Waals surface area contributed by atoms with Gasteiger partial charge in [-0.2, -0.15) is 0 Å². The number of anilines is 2. The van der Waals surface area contributed by atoms with E-state index in [0.717, 1.165) is 24.8 Å². The minimum absolute atomic E-state index is 0.0484.